The van der Waals surface area contributed by atoms with Crippen molar-refractivity contribution in [3.63, 3.8) is 0 Å². The Morgan fingerprint density at radius 2 is 1.76 bits per heavy atom. The molecule has 0 saturated carbocycles. The number of ether oxygens (including phenoxy) is 1. The molecule has 0 radical (unpaired) electrons. The van der Waals surface area contributed by atoms with Crippen LogP contribution in [0.4, 0.5) is 10.1 Å². The number of rotatable bonds is 8. The maximum Gasteiger partial charge on any atom is 0.242 e. The zero-order chi connectivity index (χ0) is 23.2. The average Bonchev–Trinajstić information content (AvgIpc) is 3.18. The second-order valence-electron chi connectivity index (χ2n) is 7.16. The van der Waals surface area contributed by atoms with Crippen LogP contribution >= 0.6 is 11.8 Å². The van der Waals surface area contributed by atoms with Crippen LogP contribution < -0.4 is 15.9 Å². The van der Waals surface area contributed by atoms with Crippen molar-refractivity contribution in [3.8, 4) is 5.75 Å². The molecular weight excluding hydrogens is 441 g/mol. The Morgan fingerprint density at radius 1 is 1.06 bits per heavy atom. The Hall–Kier alpha value is -3.85. The SMILES string of the molecule is COc1ccc(NC(=O)[C@H](Sc2nnc(Cc3ccccc3F)n2N)c2ccccc2)cc1. The molecule has 4 rings (SSSR count). The van der Waals surface area contributed by atoms with Gasteiger partial charge >= 0.3 is 0 Å². The van der Waals surface area contributed by atoms with Gasteiger partial charge in [-0.2, -0.15) is 0 Å². The quantitative estimate of drug-likeness (QED) is 0.300. The fourth-order valence-corrected chi connectivity index (χ4v) is 4.19. The molecule has 0 aliphatic heterocycles. The van der Waals surface area contributed by atoms with Gasteiger partial charge in [-0.1, -0.05) is 60.3 Å². The highest BCUT2D eigenvalue weighted by molar-refractivity contribution is 8.00. The molecule has 1 atom stereocenters. The number of nitrogens with two attached hydrogens (primary N) is 1. The van der Waals surface area contributed by atoms with Crippen LogP contribution in [-0.2, 0) is 11.2 Å². The Labute approximate surface area is 194 Å². The van der Waals surface area contributed by atoms with Crippen molar-refractivity contribution < 1.29 is 13.9 Å². The third-order valence-electron chi connectivity index (χ3n) is 4.96. The summed E-state index contributed by atoms with van der Waals surface area (Å²) in [7, 11) is 1.58. The van der Waals surface area contributed by atoms with E-state index in [0.29, 0.717) is 28.0 Å². The first kappa shape index (κ1) is 22.3. The van der Waals surface area contributed by atoms with Crippen molar-refractivity contribution in [2.75, 3.05) is 18.3 Å². The summed E-state index contributed by atoms with van der Waals surface area (Å²) in [5, 5.41) is 10.9. The number of benzene rings is 3. The van der Waals surface area contributed by atoms with Gasteiger partial charge in [0.2, 0.25) is 11.1 Å². The van der Waals surface area contributed by atoms with Crippen LogP contribution in [0.25, 0.3) is 0 Å². The second kappa shape index (κ2) is 10.2. The lowest BCUT2D eigenvalue weighted by Gasteiger charge is -2.16. The van der Waals surface area contributed by atoms with E-state index in [2.05, 4.69) is 15.5 Å². The van der Waals surface area contributed by atoms with E-state index >= 15 is 0 Å². The fraction of sp³-hybridized carbons (Fsp3) is 0.125. The minimum absolute atomic E-state index is 0.185. The summed E-state index contributed by atoms with van der Waals surface area (Å²) in [6.45, 7) is 0. The smallest absolute Gasteiger partial charge is 0.242 e. The van der Waals surface area contributed by atoms with Crippen molar-refractivity contribution in [1.82, 2.24) is 14.9 Å². The van der Waals surface area contributed by atoms with E-state index in [0.717, 1.165) is 5.56 Å². The molecule has 1 amide bonds. The summed E-state index contributed by atoms with van der Waals surface area (Å²) < 4.78 is 20.5. The summed E-state index contributed by atoms with van der Waals surface area (Å²) in [6, 6.07) is 22.8. The minimum Gasteiger partial charge on any atom is -0.497 e. The van der Waals surface area contributed by atoms with Crippen LogP contribution in [-0.4, -0.2) is 27.9 Å². The van der Waals surface area contributed by atoms with E-state index in [1.54, 1.807) is 49.6 Å². The molecule has 0 fully saturated rings. The van der Waals surface area contributed by atoms with Crippen LogP contribution in [0.2, 0.25) is 0 Å². The zero-order valence-electron chi connectivity index (χ0n) is 17.8. The van der Waals surface area contributed by atoms with Gasteiger partial charge in [-0.05, 0) is 41.5 Å². The van der Waals surface area contributed by atoms with E-state index < -0.39 is 5.25 Å². The Kier molecular flexibility index (Phi) is 6.89. The van der Waals surface area contributed by atoms with Gasteiger partial charge in [0, 0.05) is 12.1 Å². The molecule has 7 nitrogen and oxygen atoms in total. The number of hydrogen-bond donors (Lipinski definition) is 2. The minimum atomic E-state index is -0.638. The summed E-state index contributed by atoms with van der Waals surface area (Å²) in [5.41, 5.74) is 1.88. The molecule has 0 unspecified atom stereocenters. The first-order valence-electron chi connectivity index (χ1n) is 10.1. The van der Waals surface area contributed by atoms with E-state index in [1.165, 1.54) is 22.5 Å². The number of halogens is 1. The molecule has 9 heteroatoms. The number of nitrogen functional groups attached to an aromatic ring is 1. The van der Waals surface area contributed by atoms with Crippen molar-refractivity contribution in [3.05, 3.63) is 102 Å². The predicted octanol–water partition coefficient (Wildman–Crippen LogP) is 4.20. The van der Waals surface area contributed by atoms with Gasteiger partial charge in [0.05, 0.1) is 7.11 Å². The summed E-state index contributed by atoms with van der Waals surface area (Å²) in [6.07, 6.45) is 0.185. The van der Waals surface area contributed by atoms with Crippen molar-refractivity contribution in [1.29, 1.82) is 0 Å². The lowest BCUT2D eigenvalue weighted by molar-refractivity contribution is -0.115. The van der Waals surface area contributed by atoms with Gasteiger partial charge < -0.3 is 15.9 Å². The summed E-state index contributed by atoms with van der Waals surface area (Å²) >= 11 is 1.17. The molecule has 0 aliphatic rings. The van der Waals surface area contributed by atoms with Gasteiger partial charge in [-0.3, -0.25) is 4.79 Å². The highest BCUT2D eigenvalue weighted by Gasteiger charge is 2.25. The molecule has 0 saturated heterocycles. The van der Waals surface area contributed by atoms with Gasteiger partial charge in [0.15, 0.2) is 5.82 Å². The Morgan fingerprint density at radius 3 is 2.45 bits per heavy atom. The van der Waals surface area contributed by atoms with Gasteiger partial charge in [0.25, 0.3) is 0 Å². The van der Waals surface area contributed by atoms with E-state index in [-0.39, 0.29) is 18.1 Å². The van der Waals surface area contributed by atoms with Crippen LogP contribution in [0.1, 0.15) is 22.2 Å². The van der Waals surface area contributed by atoms with Crippen LogP contribution in [0.5, 0.6) is 5.75 Å². The number of nitrogens with one attached hydrogen (secondary N) is 1. The Balaban J connectivity index is 1.56. The predicted molar refractivity (Wildman–Crippen MR) is 126 cm³/mol. The molecule has 0 spiro atoms. The molecule has 1 aromatic heterocycles. The Bertz CT molecular complexity index is 1230. The molecule has 33 heavy (non-hydrogen) atoms. The first-order valence-corrected chi connectivity index (χ1v) is 11.0. The highest BCUT2D eigenvalue weighted by Crippen LogP contribution is 2.35. The van der Waals surface area contributed by atoms with E-state index in [9.17, 15) is 9.18 Å². The molecule has 4 aromatic rings. The van der Waals surface area contributed by atoms with Crippen LogP contribution in [0, 0.1) is 5.82 Å². The number of hydrogen-bond acceptors (Lipinski definition) is 6. The lowest BCUT2D eigenvalue weighted by Crippen LogP contribution is -2.21. The van der Waals surface area contributed by atoms with Gasteiger partial charge in [-0.15, -0.1) is 10.2 Å². The molecule has 1 heterocycles. The topological polar surface area (TPSA) is 95.1 Å². The number of thioether (sulfide) groups is 1. The van der Waals surface area contributed by atoms with Crippen molar-refractivity contribution in [2.45, 2.75) is 16.8 Å². The number of nitrogens with zero attached hydrogens (tertiary/aromatic N) is 3. The van der Waals surface area contributed by atoms with Crippen LogP contribution in [0.3, 0.4) is 0 Å². The molecule has 0 aliphatic carbocycles. The fourth-order valence-electron chi connectivity index (χ4n) is 3.21. The number of methoxy groups -OCH3 is 1. The van der Waals surface area contributed by atoms with Gasteiger partial charge in [-0.25, -0.2) is 9.07 Å². The summed E-state index contributed by atoms with van der Waals surface area (Å²) in [5.74, 6) is 6.73. The highest BCUT2D eigenvalue weighted by atomic mass is 32.2. The molecule has 3 aromatic carbocycles. The number of aromatic nitrogens is 3. The van der Waals surface area contributed by atoms with Crippen LogP contribution in [0.15, 0.2) is 84.0 Å². The molecule has 3 N–H and O–H groups in total. The number of amides is 1. The number of carbonyl (C=O) groups excluding carboxylic acids is 1. The zero-order valence-corrected chi connectivity index (χ0v) is 18.6. The maximum atomic E-state index is 14.0. The summed E-state index contributed by atoms with van der Waals surface area (Å²) in [4.78, 5) is 13.2. The normalized spacial score (nSPS) is 11.7. The lowest BCUT2D eigenvalue weighted by atomic mass is 10.1. The van der Waals surface area contributed by atoms with Gasteiger partial charge in [0.1, 0.15) is 16.8 Å². The third-order valence-corrected chi connectivity index (χ3v) is 6.17. The molecule has 168 valence electrons. The number of anilines is 1. The van der Waals surface area contributed by atoms with E-state index in [4.69, 9.17) is 10.6 Å². The first-order chi connectivity index (χ1) is 16.0. The second-order valence-corrected chi connectivity index (χ2v) is 8.24. The van der Waals surface area contributed by atoms with E-state index in [1.807, 2.05) is 30.3 Å². The molecular formula is C24H22FN5O2S. The molecule has 0 bridgehead atoms. The van der Waals surface area contributed by atoms with Crippen molar-refractivity contribution in [2.24, 2.45) is 0 Å². The average molecular weight is 464 g/mol. The maximum absolute atomic E-state index is 14.0. The largest absolute Gasteiger partial charge is 0.497 e. The standard InChI is InChI=1S/C24H22FN5O2S/c1-32-19-13-11-18(12-14-19)27-23(31)22(16-7-3-2-4-8-16)33-24-29-28-21(30(24)26)15-17-9-5-6-10-20(17)25/h2-14,22H,15,26H2,1H3,(H,27,31)/t22-/m1/s1. The number of carbonyl (C=O) groups is 1. The third kappa shape index (κ3) is 5.32. The monoisotopic (exact) mass is 463 g/mol. The van der Waals surface area contributed by atoms with Crippen molar-refractivity contribution >= 4 is 23.4 Å².